The molecule has 0 saturated heterocycles. The normalized spacial score (nSPS) is 11.6. The molecule has 0 aliphatic heterocycles. The summed E-state index contributed by atoms with van der Waals surface area (Å²) in [6, 6.07) is 12.6. The van der Waals surface area contributed by atoms with Gasteiger partial charge in [-0.1, -0.05) is 34.1 Å². The molecule has 0 saturated carbocycles. The van der Waals surface area contributed by atoms with Gasteiger partial charge in [0, 0.05) is 28.2 Å². The molecule has 1 amide bonds. The van der Waals surface area contributed by atoms with Crippen molar-refractivity contribution in [2.45, 2.75) is 11.9 Å². The van der Waals surface area contributed by atoms with Gasteiger partial charge >= 0.3 is 0 Å². The molecule has 0 fully saturated rings. The highest BCUT2D eigenvalue weighted by Crippen LogP contribution is 2.27. The summed E-state index contributed by atoms with van der Waals surface area (Å²) in [5.74, 6) is -0.102. The first-order chi connectivity index (χ1) is 13.3. The molecule has 3 aromatic rings. The number of aromatic nitrogens is 2. The summed E-state index contributed by atoms with van der Waals surface area (Å²) in [4.78, 5) is 20.6. The Bertz CT molecular complexity index is 1100. The number of benzene rings is 1. The minimum absolute atomic E-state index is 0.0839. The molecule has 3 rings (SSSR count). The molecule has 2 heterocycles. The fraction of sp³-hybridized carbons (Fsp3) is 0.167. The SMILES string of the molecule is Cc1cccc(NC(=O)CN(C)S(=O)(=O)c2csc(-c3ccc(Br)cc3)n2)n1. The number of hydrogen-bond acceptors (Lipinski definition) is 6. The van der Waals surface area contributed by atoms with Crippen LogP contribution < -0.4 is 5.32 Å². The van der Waals surface area contributed by atoms with E-state index in [1.165, 1.54) is 23.8 Å². The van der Waals surface area contributed by atoms with Crippen LogP contribution in [-0.4, -0.2) is 42.2 Å². The number of pyridine rings is 1. The summed E-state index contributed by atoms with van der Waals surface area (Å²) in [7, 11) is -2.54. The number of aryl methyl sites for hydroxylation is 1. The van der Waals surface area contributed by atoms with Gasteiger partial charge in [-0.3, -0.25) is 4.79 Å². The van der Waals surface area contributed by atoms with Gasteiger partial charge in [-0.15, -0.1) is 11.3 Å². The van der Waals surface area contributed by atoms with Gasteiger partial charge in [-0.05, 0) is 31.2 Å². The van der Waals surface area contributed by atoms with Crippen LogP contribution in [0.15, 0.2) is 57.3 Å². The van der Waals surface area contributed by atoms with E-state index in [-0.39, 0.29) is 11.6 Å². The van der Waals surface area contributed by atoms with Crippen LogP contribution in [0.4, 0.5) is 5.82 Å². The molecule has 2 aromatic heterocycles. The number of carbonyl (C=O) groups is 1. The molecule has 146 valence electrons. The predicted octanol–water partition coefficient (Wildman–Crippen LogP) is 3.54. The molecule has 0 aliphatic rings. The lowest BCUT2D eigenvalue weighted by atomic mass is 10.2. The molecule has 0 bridgehead atoms. The molecule has 10 heteroatoms. The van der Waals surface area contributed by atoms with Gasteiger partial charge in [0.15, 0.2) is 5.03 Å². The second kappa shape index (κ2) is 8.48. The molecule has 0 spiro atoms. The molecule has 28 heavy (non-hydrogen) atoms. The van der Waals surface area contributed by atoms with Crippen LogP contribution in [0.1, 0.15) is 5.69 Å². The first-order valence-electron chi connectivity index (χ1n) is 8.17. The second-order valence-electron chi connectivity index (χ2n) is 5.97. The predicted molar refractivity (Wildman–Crippen MR) is 113 cm³/mol. The number of thiazole rings is 1. The average molecular weight is 481 g/mol. The summed E-state index contributed by atoms with van der Waals surface area (Å²) in [5.41, 5.74) is 1.57. The van der Waals surface area contributed by atoms with Crippen LogP contribution in [0.3, 0.4) is 0 Å². The maximum Gasteiger partial charge on any atom is 0.261 e. The number of likely N-dealkylation sites (N-methyl/N-ethyl adjacent to an activating group) is 1. The summed E-state index contributed by atoms with van der Waals surface area (Å²) < 4.78 is 27.4. The van der Waals surface area contributed by atoms with Crippen LogP contribution in [0.5, 0.6) is 0 Å². The molecule has 1 N–H and O–H groups in total. The van der Waals surface area contributed by atoms with E-state index in [2.05, 4.69) is 31.2 Å². The van der Waals surface area contributed by atoms with Crippen LogP contribution in [0.2, 0.25) is 0 Å². The van der Waals surface area contributed by atoms with E-state index >= 15 is 0 Å². The lowest BCUT2D eigenvalue weighted by Crippen LogP contribution is -2.35. The van der Waals surface area contributed by atoms with Gasteiger partial charge < -0.3 is 5.32 Å². The third-order valence-electron chi connectivity index (χ3n) is 3.77. The highest BCUT2D eigenvalue weighted by atomic mass is 79.9. The minimum atomic E-state index is -3.89. The smallest absolute Gasteiger partial charge is 0.261 e. The highest BCUT2D eigenvalue weighted by molar-refractivity contribution is 9.10. The van der Waals surface area contributed by atoms with E-state index in [1.807, 2.05) is 24.3 Å². The maximum atomic E-state index is 12.7. The summed E-state index contributed by atoms with van der Waals surface area (Å²) in [6.07, 6.45) is 0. The Morgan fingerprint density at radius 3 is 2.57 bits per heavy atom. The van der Waals surface area contributed by atoms with Crippen molar-refractivity contribution in [3.63, 3.8) is 0 Å². The topological polar surface area (TPSA) is 92.3 Å². The molecular weight excluding hydrogens is 464 g/mol. The lowest BCUT2D eigenvalue weighted by Gasteiger charge is -2.15. The summed E-state index contributed by atoms with van der Waals surface area (Å²) in [5, 5.41) is 4.58. The van der Waals surface area contributed by atoms with Gasteiger partial charge in [0.05, 0.1) is 6.54 Å². The van der Waals surface area contributed by atoms with E-state index in [1.54, 1.807) is 25.1 Å². The molecule has 7 nitrogen and oxygen atoms in total. The van der Waals surface area contributed by atoms with E-state index in [9.17, 15) is 13.2 Å². The van der Waals surface area contributed by atoms with Crippen molar-refractivity contribution >= 4 is 49.0 Å². The third kappa shape index (κ3) is 4.82. The van der Waals surface area contributed by atoms with Crippen molar-refractivity contribution in [3.8, 4) is 10.6 Å². The number of halogens is 1. The van der Waals surface area contributed by atoms with Gasteiger partial charge in [0.25, 0.3) is 10.0 Å². The van der Waals surface area contributed by atoms with Crippen molar-refractivity contribution in [3.05, 3.63) is 58.0 Å². The number of rotatable bonds is 6. The van der Waals surface area contributed by atoms with Crippen molar-refractivity contribution in [1.29, 1.82) is 0 Å². The lowest BCUT2D eigenvalue weighted by molar-refractivity contribution is -0.116. The third-order valence-corrected chi connectivity index (χ3v) is 7.03. The molecule has 0 unspecified atom stereocenters. The zero-order chi connectivity index (χ0) is 20.3. The van der Waals surface area contributed by atoms with Crippen LogP contribution >= 0.6 is 27.3 Å². The monoisotopic (exact) mass is 480 g/mol. The molecule has 0 atom stereocenters. The Balaban J connectivity index is 1.71. The Morgan fingerprint density at radius 2 is 1.89 bits per heavy atom. The number of sulfonamides is 1. The number of nitrogens with zero attached hydrogens (tertiary/aromatic N) is 3. The minimum Gasteiger partial charge on any atom is -0.310 e. The Kier molecular flexibility index (Phi) is 6.23. The Morgan fingerprint density at radius 1 is 1.18 bits per heavy atom. The highest BCUT2D eigenvalue weighted by Gasteiger charge is 2.26. The number of amides is 1. The summed E-state index contributed by atoms with van der Waals surface area (Å²) >= 11 is 4.60. The standard InChI is InChI=1S/C18H17BrN4O3S2/c1-12-4-3-5-15(20-12)21-16(24)10-23(2)28(25,26)17-11-27-18(22-17)13-6-8-14(19)9-7-13/h3-9,11H,10H2,1-2H3,(H,20,21,24). The largest absolute Gasteiger partial charge is 0.310 e. The van der Waals surface area contributed by atoms with Crippen molar-refractivity contribution in [1.82, 2.24) is 14.3 Å². The Labute approximate surface area is 175 Å². The van der Waals surface area contributed by atoms with E-state index in [0.29, 0.717) is 10.8 Å². The molecular formula is C18H17BrN4O3S2. The van der Waals surface area contributed by atoms with Crippen LogP contribution in [0.25, 0.3) is 10.6 Å². The van der Waals surface area contributed by atoms with Gasteiger partial charge in [-0.2, -0.15) is 4.31 Å². The first-order valence-corrected chi connectivity index (χ1v) is 11.3. The number of hydrogen-bond donors (Lipinski definition) is 1. The number of anilines is 1. The maximum absolute atomic E-state index is 12.7. The fourth-order valence-electron chi connectivity index (χ4n) is 2.34. The Hall–Kier alpha value is -2.14. The molecule has 1 aromatic carbocycles. The van der Waals surface area contributed by atoms with Gasteiger partial charge in [0.2, 0.25) is 5.91 Å². The van der Waals surface area contributed by atoms with Gasteiger partial charge in [0.1, 0.15) is 10.8 Å². The van der Waals surface area contributed by atoms with Crippen molar-refractivity contribution < 1.29 is 13.2 Å². The van der Waals surface area contributed by atoms with Gasteiger partial charge in [-0.25, -0.2) is 18.4 Å². The van der Waals surface area contributed by atoms with E-state index in [0.717, 1.165) is 20.0 Å². The quantitative estimate of drug-likeness (QED) is 0.582. The zero-order valence-corrected chi connectivity index (χ0v) is 18.3. The van der Waals surface area contributed by atoms with E-state index < -0.39 is 15.9 Å². The molecule has 0 aliphatic carbocycles. The van der Waals surface area contributed by atoms with Crippen LogP contribution in [0, 0.1) is 6.92 Å². The van der Waals surface area contributed by atoms with E-state index in [4.69, 9.17) is 0 Å². The number of nitrogens with one attached hydrogen (secondary N) is 1. The summed E-state index contributed by atoms with van der Waals surface area (Å²) in [6.45, 7) is 1.46. The fourth-order valence-corrected chi connectivity index (χ4v) is 4.80. The van der Waals surface area contributed by atoms with Crippen LogP contribution in [-0.2, 0) is 14.8 Å². The number of carbonyl (C=O) groups excluding carboxylic acids is 1. The van der Waals surface area contributed by atoms with Crippen molar-refractivity contribution in [2.75, 3.05) is 18.9 Å². The molecule has 0 radical (unpaired) electrons. The van der Waals surface area contributed by atoms with Crippen molar-refractivity contribution in [2.24, 2.45) is 0 Å². The second-order valence-corrected chi connectivity index (χ2v) is 9.74. The zero-order valence-electron chi connectivity index (χ0n) is 15.1. The first kappa shape index (κ1) is 20.6. The average Bonchev–Trinajstić information content (AvgIpc) is 3.13.